The van der Waals surface area contributed by atoms with E-state index >= 15 is 0 Å². The van der Waals surface area contributed by atoms with Gasteiger partial charge in [0.15, 0.2) is 5.78 Å². The third-order valence-electron chi connectivity index (χ3n) is 3.20. The maximum Gasteiger partial charge on any atom is 0.161 e. The summed E-state index contributed by atoms with van der Waals surface area (Å²) in [6.07, 6.45) is 2.27. The van der Waals surface area contributed by atoms with E-state index in [9.17, 15) is 9.18 Å². The molecule has 1 atom stereocenters. The number of nitrogens with zero attached hydrogens (tertiary/aromatic N) is 1. The van der Waals surface area contributed by atoms with Crippen LogP contribution < -0.4 is 4.90 Å². The van der Waals surface area contributed by atoms with E-state index in [2.05, 4.69) is 11.8 Å². The smallest absolute Gasteiger partial charge is 0.161 e. The van der Waals surface area contributed by atoms with Crippen molar-refractivity contribution in [2.75, 3.05) is 11.4 Å². The first-order chi connectivity index (χ1) is 7.59. The van der Waals surface area contributed by atoms with Crippen molar-refractivity contribution in [2.45, 2.75) is 32.7 Å². The van der Waals surface area contributed by atoms with Crippen LogP contribution in [-0.2, 0) is 0 Å². The molecule has 16 heavy (non-hydrogen) atoms. The first kappa shape index (κ1) is 11.1. The van der Waals surface area contributed by atoms with Gasteiger partial charge in [0.05, 0.1) is 0 Å². The summed E-state index contributed by atoms with van der Waals surface area (Å²) in [7, 11) is 0. The highest BCUT2D eigenvalue weighted by atomic mass is 19.1. The Hall–Kier alpha value is -1.38. The monoisotopic (exact) mass is 221 g/mol. The summed E-state index contributed by atoms with van der Waals surface area (Å²) >= 11 is 0. The highest BCUT2D eigenvalue weighted by molar-refractivity contribution is 5.99. The third kappa shape index (κ3) is 1.94. The summed E-state index contributed by atoms with van der Waals surface area (Å²) < 4.78 is 13.1. The average Bonchev–Trinajstić information content (AvgIpc) is 2.64. The van der Waals surface area contributed by atoms with Gasteiger partial charge in [0.2, 0.25) is 0 Å². The quantitative estimate of drug-likeness (QED) is 0.715. The first-order valence-corrected chi connectivity index (χ1v) is 5.66. The molecular formula is C13H16FNO. The number of ketones is 1. The molecule has 1 unspecified atom stereocenters. The van der Waals surface area contributed by atoms with Gasteiger partial charge in [0.25, 0.3) is 0 Å². The van der Waals surface area contributed by atoms with Gasteiger partial charge in [-0.25, -0.2) is 4.39 Å². The fourth-order valence-corrected chi connectivity index (χ4v) is 2.33. The molecule has 1 aliphatic rings. The molecular weight excluding hydrogens is 205 g/mol. The van der Waals surface area contributed by atoms with Gasteiger partial charge in [-0.2, -0.15) is 0 Å². The van der Waals surface area contributed by atoms with E-state index in [1.807, 2.05) is 0 Å². The van der Waals surface area contributed by atoms with Crippen LogP contribution in [-0.4, -0.2) is 18.4 Å². The molecule has 0 spiro atoms. The number of benzene rings is 1. The molecule has 0 radical (unpaired) electrons. The highest BCUT2D eigenvalue weighted by Gasteiger charge is 2.23. The molecule has 0 aromatic heterocycles. The van der Waals surface area contributed by atoms with Crippen LogP contribution in [0.2, 0.25) is 0 Å². The molecule has 3 heteroatoms. The molecule has 1 heterocycles. The molecule has 2 nitrogen and oxygen atoms in total. The summed E-state index contributed by atoms with van der Waals surface area (Å²) in [5.41, 5.74) is 1.37. The minimum atomic E-state index is -0.346. The van der Waals surface area contributed by atoms with Crippen LogP contribution in [0.1, 0.15) is 37.0 Å². The van der Waals surface area contributed by atoms with Crippen LogP contribution in [0, 0.1) is 5.82 Å². The van der Waals surface area contributed by atoms with E-state index in [-0.39, 0.29) is 11.6 Å². The van der Waals surface area contributed by atoms with Crippen LogP contribution >= 0.6 is 0 Å². The second-order valence-corrected chi connectivity index (χ2v) is 4.40. The minimum absolute atomic E-state index is 0.0754. The van der Waals surface area contributed by atoms with Crippen LogP contribution in [0.15, 0.2) is 18.2 Å². The number of Topliss-reactive ketones (excluding diaryl/α,β-unsaturated/α-hetero) is 1. The molecule has 1 saturated heterocycles. The number of carbonyl (C=O) groups is 1. The van der Waals surface area contributed by atoms with Crippen molar-refractivity contribution in [1.82, 2.24) is 0 Å². The van der Waals surface area contributed by atoms with Crippen molar-refractivity contribution >= 4 is 11.5 Å². The zero-order valence-electron chi connectivity index (χ0n) is 9.66. The fourth-order valence-electron chi connectivity index (χ4n) is 2.33. The van der Waals surface area contributed by atoms with Gasteiger partial charge in [-0.15, -0.1) is 0 Å². The lowest BCUT2D eigenvalue weighted by atomic mass is 10.1. The molecule has 1 fully saturated rings. The van der Waals surface area contributed by atoms with Crippen molar-refractivity contribution in [3.8, 4) is 0 Å². The van der Waals surface area contributed by atoms with Gasteiger partial charge in [-0.3, -0.25) is 4.79 Å². The number of anilines is 1. The van der Waals surface area contributed by atoms with E-state index in [4.69, 9.17) is 0 Å². The number of halogens is 1. The first-order valence-electron chi connectivity index (χ1n) is 5.66. The summed E-state index contributed by atoms with van der Waals surface area (Å²) in [4.78, 5) is 13.7. The lowest BCUT2D eigenvalue weighted by Gasteiger charge is -2.25. The lowest BCUT2D eigenvalue weighted by Crippen LogP contribution is -2.27. The summed E-state index contributed by atoms with van der Waals surface area (Å²) in [6.45, 7) is 4.58. The Morgan fingerprint density at radius 3 is 2.81 bits per heavy atom. The predicted octanol–water partition coefficient (Wildman–Crippen LogP) is 3.02. The zero-order chi connectivity index (χ0) is 11.7. The topological polar surface area (TPSA) is 20.3 Å². The van der Waals surface area contributed by atoms with Crippen molar-refractivity contribution in [3.05, 3.63) is 29.6 Å². The maximum atomic E-state index is 13.1. The molecule has 0 amide bonds. The Kier molecular flexibility index (Phi) is 2.95. The molecule has 0 N–H and O–H groups in total. The number of rotatable bonds is 2. The van der Waals surface area contributed by atoms with Crippen LogP contribution in [0.25, 0.3) is 0 Å². The fraction of sp³-hybridized carbons (Fsp3) is 0.462. The largest absolute Gasteiger partial charge is 0.368 e. The normalized spacial score (nSPS) is 20.2. The SMILES string of the molecule is CC(=O)c1cc(F)ccc1N1CCCC1C. The summed E-state index contributed by atoms with van der Waals surface area (Å²) in [6, 6.07) is 4.91. The number of carbonyl (C=O) groups excluding carboxylic acids is 1. The van der Waals surface area contributed by atoms with Gasteiger partial charge >= 0.3 is 0 Å². The molecule has 86 valence electrons. The Morgan fingerprint density at radius 2 is 2.25 bits per heavy atom. The average molecular weight is 221 g/mol. The number of hydrogen-bond donors (Lipinski definition) is 0. The molecule has 1 aromatic rings. The Balaban J connectivity index is 2.43. The van der Waals surface area contributed by atoms with E-state index in [1.54, 1.807) is 6.07 Å². The van der Waals surface area contributed by atoms with Crippen molar-refractivity contribution in [3.63, 3.8) is 0 Å². The molecule has 1 aliphatic heterocycles. The van der Waals surface area contributed by atoms with Gasteiger partial charge < -0.3 is 4.90 Å². The maximum absolute atomic E-state index is 13.1. The summed E-state index contributed by atoms with van der Waals surface area (Å²) in [5.74, 6) is -0.422. The standard InChI is InChI=1S/C13H16FNO/c1-9-4-3-7-15(9)13-6-5-11(14)8-12(13)10(2)16/h5-6,8-9H,3-4,7H2,1-2H3. The van der Waals surface area contributed by atoms with E-state index in [0.717, 1.165) is 25.1 Å². The van der Waals surface area contributed by atoms with Gasteiger partial charge in [-0.05, 0) is 44.9 Å². The molecule has 0 saturated carbocycles. The van der Waals surface area contributed by atoms with Gasteiger partial charge in [-0.1, -0.05) is 0 Å². The second kappa shape index (κ2) is 4.24. The Labute approximate surface area is 95.1 Å². The third-order valence-corrected chi connectivity index (χ3v) is 3.20. The van der Waals surface area contributed by atoms with Crippen LogP contribution in [0.5, 0.6) is 0 Å². The Bertz CT molecular complexity index is 416. The lowest BCUT2D eigenvalue weighted by molar-refractivity contribution is 0.101. The van der Waals surface area contributed by atoms with Crippen LogP contribution in [0.4, 0.5) is 10.1 Å². The summed E-state index contributed by atoms with van der Waals surface area (Å²) in [5, 5.41) is 0. The van der Waals surface area contributed by atoms with Crippen molar-refractivity contribution in [1.29, 1.82) is 0 Å². The van der Waals surface area contributed by atoms with Crippen molar-refractivity contribution < 1.29 is 9.18 Å². The highest BCUT2D eigenvalue weighted by Crippen LogP contribution is 2.29. The Morgan fingerprint density at radius 1 is 1.50 bits per heavy atom. The van der Waals surface area contributed by atoms with E-state index < -0.39 is 0 Å². The predicted molar refractivity (Wildman–Crippen MR) is 62.4 cm³/mol. The number of hydrogen-bond acceptors (Lipinski definition) is 2. The second-order valence-electron chi connectivity index (χ2n) is 4.40. The van der Waals surface area contributed by atoms with Gasteiger partial charge in [0.1, 0.15) is 5.82 Å². The van der Waals surface area contributed by atoms with E-state index in [1.165, 1.54) is 19.1 Å². The molecule has 0 aliphatic carbocycles. The molecule has 2 rings (SSSR count). The zero-order valence-corrected chi connectivity index (χ0v) is 9.66. The van der Waals surface area contributed by atoms with Crippen molar-refractivity contribution in [2.24, 2.45) is 0 Å². The minimum Gasteiger partial charge on any atom is -0.368 e. The molecule has 1 aromatic carbocycles. The van der Waals surface area contributed by atoms with Crippen LogP contribution in [0.3, 0.4) is 0 Å². The van der Waals surface area contributed by atoms with Gasteiger partial charge in [0, 0.05) is 23.8 Å². The van der Waals surface area contributed by atoms with E-state index in [0.29, 0.717) is 11.6 Å². The molecule has 0 bridgehead atoms.